The van der Waals surface area contributed by atoms with Gasteiger partial charge in [-0.25, -0.2) is 0 Å². The van der Waals surface area contributed by atoms with Gasteiger partial charge in [-0.3, -0.25) is 0 Å². The van der Waals surface area contributed by atoms with Crippen LogP contribution in [0.5, 0.6) is 0 Å². The van der Waals surface area contributed by atoms with Crippen LogP contribution in [-0.4, -0.2) is 73.1 Å². The van der Waals surface area contributed by atoms with Crippen LogP contribution in [0.25, 0.3) is 181 Å². The Kier molecular flexibility index (Phi) is 21.5. The average Bonchev–Trinajstić information content (AvgIpc) is 1.54. The molecule has 0 amide bonds. The zero-order chi connectivity index (χ0) is 89.5. The van der Waals surface area contributed by atoms with Gasteiger partial charge in [0.05, 0.1) is 44.8 Å². The highest BCUT2D eigenvalue weighted by atomic mass is 127. The minimum atomic E-state index is -0.476. The molecule has 0 radical (unpaired) electrons. The van der Waals surface area contributed by atoms with E-state index in [4.69, 9.17) is 50.5 Å². The minimum absolute atomic E-state index is 0.346. The van der Waals surface area contributed by atoms with Gasteiger partial charge >= 0.3 is 28.3 Å². The van der Waals surface area contributed by atoms with Crippen molar-refractivity contribution in [3.05, 3.63) is 286 Å². The maximum Gasteiger partial charge on any atom is 0.495 e. The van der Waals surface area contributed by atoms with E-state index in [2.05, 4.69) is 365 Å². The summed E-state index contributed by atoms with van der Waals surface area (Å²) in [7, 11) is -1.72. The number of fused-ring (bicyclic) bond motifs is 21. The first kappa shape index (κ1) is 86.5. The number of hydrogen-bond acceptors (Lipinski definition) is 14. The lowest BCUT2D eigenvalue weighted by Gasteiger charge is -2.32. The second kappa shape index (κ2) is 32.0. The van der Waals surface area contributed by atoms with E-state index in [0.29, 0.717) is 0 Å². The van der Waals surface area contributed by atoms with Crippen molar-refractivity contribution in [2.24, 2.45) is 0 Å². The van der Waals surface area contributed by atoms with Gasteiger partial charge < -0.3 is 50.5 Å². The Bertz CT molecular complexity index is 8020. The third kappa shape index (κ3) is 15.4. The molecule has 21 heteroatoms. The van der Waals surface area contributed by atoms with E-state index >= 15 is 0 Å². The SMILES string of the molecule is Brc1cccc2sc3ccc(-c4ccc5oc6cc7ccccc7cc6c5c4)cc3c12.Brc1cccc2sc3ccc(I)cc3c12.CC1(C)OB(B2OC(C)(C)C(C)(C)O2)OC1(C)C.CC1(C)OB(c2ccc3oc4cc5ccccc5cc4c3c2)OC1(C)C.CC1(C)OB(c2cccc3sc4ccc(-c5ccc6oc7cc8ccccc8cc7c6c5)cc4c23)OC1(C)C. The molecule has 6 aromatic heterocycles. The normalized spacial score (nSPS) is 17.6. The fourth-order valence-electron chi connectivity index (χ4n) is 17.8. The lowest BCUT2D eigenvalue weighted by molar-refractivity contribution is 0.00578. The van der Waals surface area contributed by atoms with Gasteiger partial charge in [0.25, 0.3) is 0 Å². The van der Waals surface area contributed by atoms with Crippen LogP contribution in [0.1, 0.15) is 111 Å². The number of thiophene rings is 3. The predicted molar refractivity (Wildman–Crippen MR) is 561 cm³/mol. The van der Waals surface area contributed by atoms with Gasteiger partial charge in [-0.15, -0.1) is 34.0 Å². The van der Waals surface area contributed by atoms with Crippen molar-refractivity contribution in [3.63, 3.8) is 0 Å². The molecule has 0 aliphatic carbocycles. The number of hydrogen-bond donors (Lipinski definition) is 0. The maximum absolute atomic E-state index is 6.47. The lowest BCUT2D eigenvalue weighted by Crippen LogP contribution is -2.41. The third-order valence-corrected chi connectivity index (χ3v) is 33.3. The van der Waals surface area contributed by atoms with Crippen LogP contribution >= 0.6 is 88.5 Å². The first-order valence-corrected chi connectivity index (χ1v) is 48.9. The monoisotopic (exact) mass is 1990 g/mol. The highest BCUT2D eigenvalue weighted by Crippen LogP contribution is 2.49. The molecule has 21 aromatic rings. The van der Waals surface area contributed by atoms with E-state index in [9.17, 15) is 0 Å². The Labute approximate surface area is 792 Å². The second-order valence-electron chi connectivity index (χ2n) is 38.3. The summed E-state index contributed by atoms with van der Waals surface area (Å²) in [4.78, 5) is 0. The Balaban J connectivity index is 0.000000102. The van der Waals surface area contributed by atoms with E-state index in [0.717, 1.165) is 75.8 Å². The van der Waals surface area contributed by atoms with Gasteiger partial charge in [0.1, 0.15) is 33.5 Å². The Morgan fingerprint density at radius 3 is 0.930 bits per heavy atom. The second-order valence-corrected chi connectivity index (χ2v) is 44.5. The van der Waals surface area contributed by atoms with Crippen LogP contribution in [0.3, 0.4) is 0 Å². The van der Waals surface area contributed by atoms with Crippen molar-refractivity contribution in [2.45, 2.75) is 156 Å². The molecule has 25 rings (SSSR count). The van der Waals surface area contributed by atoms with Crippen LogP contribution in [0.2, 0.25) is 0 Å². The molecule has 10 heterocycles. The first-order valence-electron chi connectivity index (χ1n) is 43.8. The molecule has 0 N–H and O–H groups in total. The van der Waals surface area contributed by atoms with Crippen LogP contribution in [0, 0.1) is 3.57 Å². The Morgan fingerprint density at radius 2 is 0.535 bits per heavy atom. The lowest BCUT2D eigenvalue weighted by atomic mass is 9.49. The summed E-state index contributed by atoms with van der Waals surface area (Å²) < 4.78 is 79.2. The van der Waals surface area contributed by atoms with Gasteiger partial charge in [0.2, 0.25) is 0 Å². The number of benzene rings is 15. The van der Waals surface area contributed by atoms with E-state index in [-0.39, 0.29) is 51.9 Å². The Hall–Kier alpha value is -9.23. The molecule has 0 bridgehead atoms. The first-order chi connectivity index (χ1) is 61.5. The molecule has 0 atom stereocenters. The van der Waals surface area contributed by atoms with Crippen molar-refractivity contribution in [1.29, 1.82) is 0 Å². The highest BCUT2D eigenvalue weighted by molar-refractivity contribution is 14.1. The smallest absolute Gasteiger partial charge is 0.456 e. The van der Waals surface area contributed by atoms with E-state index in [1.165, 1.54) is 129 Å². The average molecular weight is 1990 g/mol. The standard InChI is InChI=1S/C34H27BO3S.C28H15BrOS.C22H21BO3.C12H24B2O4.C12H6BrIS/c1-33(2)34(3,4)38-35(37-33)27-10-7-11-31-32(27)26-18-23(13-15-30(26)39-31)22-12-14-28-24(17-22)25-16-20-8-5-6-9-21(20)19-29(25)36-28;29-23-6-3-7-27-28(23)22-14-19(9-11-26(22)31-27)18-8-10-24-20(13-18)21-12-16-4-1-2-5-17(16)15-25(21)30-24;1-21(2)22(3,4)26-23(25-21)16-9-10-19-18(13-16)17-11-14-7-5-6-8-15(14)12-20(17)24-19;1-9(2)10(3,4)16-13(15-9)14-17-11(5,6)12(7,8)18-14;13-9-2-1-3-11-12(9)8-6-7(14)4-5-10(8)15-11/h5-19H,1-4H3;1-15H;5-13H,1-4H3;1-8H3;1-6H. The van der Waals surface area contributed by atoms with Crippen molar-refractivity contribution < 1.29 is 50.5 Å². The molecular formula is C108H93B4Br2IO11S3. The van der Waals surface area contributed by atoms with Crippen molar-refractivity contribution >= 4 is 286 Å². The fourth-order valence-corrected chi connectivity index (χ4v) is 23.1. The number of furan rings is 3. The van der Waals surface area contributed by atoms with Crippen LogP contribution in [0.15, 0.2) is 295 Å². The quantitative estimate of drug-likeness (QED) is 0.121. The van der Waals surface area contributed by atoms with Gasteiger partial charge in [-0.2, -0.15) is 0 Å². The molecule has 129 heavy (non-hydrogen) atoms. The number of rotatable bonds is 5. The predicted octanol–water partition coefficient (Wildman–Crippen LogP) is 31.3. The summed E-state index contributed by atoms with van der Waals surface area (Å²) in [6.07, 6.45) is 0. The minimum Gasteiger partial charge on any atom is -0.456 e. The third-order valence-electron chi connectivity index (χ3n) is 27.9. The largest absolute Gasteiger partial charge is 0.495 e. The van der Waals surface area contributed by atoms with Gasteiger partial charge in [0, 0.05) is 105 Å². The Morgan fingerprint density at radius 1 is 0.240 bits per heavy atom. The van der Waals surface area contributed by atoms with Gasteiger partial charge in [-0.1, -0.05) is 165 Å². The van der Waals surface area contributed by atoms with Gasteiger partial charge in [0.15, 0.2) is 0 Å². The van der Waals surface area contributed by atoms with Crippen LogP contribution in [-0.2, 0) is 37.2 Å². The topological polar surface area (TPSA) is 113 Å². The van der Waals surface area contributed by atoms with Gasteiger partial charge in [-0.05, 0) is 338 Å². The van der Waals surface area contributed by atoms with E-state index < -0.39 is 21.1 Å². The van der Waals surface area contributed by atoms with E-state index in [1.807, 2.05) is 108 Å². The molecule has 15 aromatic carbocycles. The summed E-state index contributed by atoms with van der Waals surface area (Å²) in [6.45, 7) is 32.9. The molecule has 11 nitrogen and oxygen atoms in total. The summed E-state index contributed by atoms with van der Waals surface area (Å²) in [5.41, 5.74) is 9.50. The highest BCUT2D eigenvalue weighted by Gasteiger charge is 2.64. The zero-order valence-corrected chi connectivity index (χ0v) is 82.4. The number of halogens is 3. The zero-order valence-electron chi connectivity index (χ0n) is 74.6. The van der Waals surface area contributed by atoms with Crippen molar-refractivity contribution in [3.8, 4) is 22.3 Å². The van der Waals surface area contributed by atoms with Crippen LogP contribution < -0.4 is 10.9 Å². The molecule has 4 fully saturated rings. The maximum atomic E-state index is 6.47. The fraction of sp³-hybridized carbons (Fsp3) is 0.222. The molecule has 4 aliphatic rings. The summed E-state index contributed by atoms with van der Waals surface area (Å²) in [5.74, 6) is 0. The van der Waals surface area contributed by atoms with Crippen molar-refractivity contribution in [2.75, 3.05) is 0 Å². The van der Waals surface area contributed by atoms with Crippen LogP contribution in [0.4, 0.5) is 0 Å². The molecule has 4 aliphatic heterocycles. The van der Waals surface area contributed by atoms with E-state index in [1.54, 1.807) is 0 Å². The molecule has 642 valence electrons. The molecule has 0 unspecified atom stereocenters. The summed E-state index contributed by atoms with van der Waals surface area (Å²) in [5, 5.41) is 21.8. The molecular weight excluding hydrogens is 1900 g/mol. The molecule has 0 saturated carbocycles. The molecule has 4 saturated heterocycles. The molecule has 0 spiro atoms. The van der Waals surface area contributed by atoms with Crippen molar-refractivity contribution in [1.82, 2.24) is 0 Å². The summed E-state index contributed by atoms with van der Waals surface area (Å²) in [6, 6.07) is 97.0. The summed E-state index contributed by atoms with van der Waals surface area (Å²) >= 11 is 15.2.